The van der Waals surface area contributed by atoms with Gasteiger partial charge in [0, 0.05) is 11.5 Å². The number of carbonyl (C=O) groups is 6. The molecule has 2 aliphatic heterocycles. The van der Waals surface area contributed by atoms with E-state index < -0.39 is 71.1 Å². The number of rotatable bonds is 8. The molecule has 6 atom stereocenters. The third kappa shape index (κ3) is 4.79. The lowest BCUT2D eigenvalue weighted by Crippen LogP contribution is -2.43. The van der Waals surface area contributed by atoms with Crippen molar-refractivity contribution in [2.24, 2.45) is 29.6 Å². The highest BCUT2D eigenvalue weighted by atomic mass is 16.5. The zero-order chi connectivity index (χ0) is 33.9. The van der Waals surface area contributed by atoms with Gasteiger partial charge in [-0.05, 0) is 61.2 Å². The first-order valence-corrected chi connectivity index (χ1v) is 15.6. The topological polar surface area (TPSA) is 179 Å². The molecule has 3 aromatic carbocycles. The molecule has 4 amide bonds. The van der Waals surface area contributed by atoms with Gasteiger partial charge in [-0.25, -0.2) is 9.59 Å². The molecule has 3 aromatic rings. The first-order chi connectivity index (χ1) is 23.1. The summed E-state index contributed by atoms with van der Waals surface area (Å²) in [6, 6.07) is 18.2. The number of fused-ring (bicyclic) bond motifs is 4. The maximum Gasteiger partial charge on any atom is 0.335 e. The van der Waals surface area contributed by atoms with Crippen molar-refractivity contribution in [3.05, 3.63) is 101 Å². The molecule has 3 fully saturated rings. The molecule has 48 heavy (non-hydrogen) atoms. The minimum Gasteiger partial charge on any atom is -0.491 e. The lowest BCUT2D eigenvalue weighted by Gasteiger charge is -2.44. The van der Waals surface area contributed by atoms with Gasteiger partial charge in [-0.15, -0.1) is 0 Å². The van der Waals surface area contributed by atoms with Crippen LogP contribution in [0.1, 0.15) is 45.0 Å². The van der Waals surface area contributed by atoms with Crippen molar-refractivity contribution in [3.63, 3.8) is 0 Å². The number of amides is 4. The lowest BCUT2D eigenvalue weighted by atomic mass is 9.57. The number of para-hydroxylation sites is 1. The highest BCUT2D eigenvalue weighted by Crippen LogP contribution is 2.59. The van der Waals surface area contributed by atoms with E-state index in [9.17, 15) is 44.1 Å². The van der Waals surface area contributed by atoms with E-state index in [-0.39, 0.29) is 48.6 Å². The molecule has 12 nitrogen and oxygen atoms in total. The number of allylic oxidation sites excluding steroid dienone is 2. The summed E-state index contributed by atoms with van der Waals surface area (Å²) in [4.78, 5) is 82.1. The normalized spacial score (nSPS) is 26.1. The van der Waals surface area contributed by atoms with Crippen LogP contribution in [-0.4, -0.2) is 64.1 Å². The number of carboxylic acids is 2. The van der Waals surface area contributed by atoms with E-state index in [1.165, 1.54) is 48.5 Å². The number of benzene rings is 3. The number of hydrogen-bond acceptors (Lipinski definition) is 8. The smallest absolute Gasteiger partial charge is 0.335 e. The first-order valence-electron chi connectivity index (χ1n) is 15.6. The molecule has 4 aliphatic rings. The lowest BCUT2D eigenvalue weighted by molar-refractivity contribution is -0.126. The summed E-state index contributed by atoms with van der Waals surface area (Å²) in [7, 11) is 0. The number of aliphatic hydroxyl groups is 1. The Bertz CT molecular complexity index is 1930. The molecule has 12 heteroatoms. The van der Waals surface area contributed by atoms with Crippen LogP contribution in [0.5, 0.6) is 5.75 Å². The van der Waals surface area contributed by atoms with Gasteiger partial charge in [0.1, 0.15) is 12.4 Å². The van der Waals surface area contributed by atoms with Gasteiger partial charge in [0.25, 0.3) is 0 Å². The number of imide groups is 2. The second-order valence-corrected chi connectivity index (χ2v) is 12.4. The maximum atomic E-state index is 14.4. The fourth-order valence-corrected chi connectivity index (χ4v) is 8.03. The molecule has 0 radical (unpaired) electrons. The van der Waals surface area contributed by atoms with Gasteiger partial charge in [-0.1, -0.05) is 42.0 Å². The Morgan fingerprint density at radius 3 is 1.90 bits per heavy atom. The van der Waals surface area contributed by atoms with Crippen molar-refractivity contribution in [2.45, 2.75) is 18.8 Å². The molecule has 244 valence electrons. The van der Waals surface area contributed by atoms with Crippen molar-refractivity contribution in [1.29, 1.82) is 0 Å². The Morgan fingerprint density at radius 1 is 0.708 bits per heavy atom. The van der Waals surface area contributed by atoms with Crippen LogP contribution in [0.15, 0.2) is 84.4 Å². The molecule has 2 saturated heterocycles. The number of aliphatic hydroxyl groups excluding tert-OH is 1. The Balaban J connectivity index is 1.34. The average Bonchev–Trinajstić information content (AvgIpc) is 3.50. The van der Waals surface area contributed by atoms with Crippen LogP contribution in [0.25, 0.3) is 0 Å². The van der Waals surface area contributed by atoms with Crippen LogP contribution in [-0.2, 0) is 19.2 Å². The van der Waals surface area contributed by atoms with Crippen molar-refractivity contribution >= 4 is 46.9 Å². The van der Waals surface area contributed by atoms with E-state index >= 15 is 0 Å². The van der Waals surface area contributed by atoms with Crippen LogP contribution < -0.4 is 14.5 Å². The molecule has 6 unspecified atom stereocenters. The van der Waals surface area contributed by atoms with Gasteiger partial charge < -0.3 is 20.1 Å². The zero-order valence-electron chi connectivity index (χ0n) is 25.4. The standard InChI is InChI=1S/C36H30N2O10/c39-13-14-48-27-10-2-1-9-23(27)28-22-11-12-24-29(33(42)37(31(24)40)20-7-3-5-18(15-20)35(44)45)25(22)17-26-30(28)34(43)38(32(26)41)21-8-4-6-19(16-21)36(46)47/h1-11,15-16,24-26,28-30,39H,12-14,17H2,(H,44,45)(H,46,47). The molecule has 0 aromatic heterocycles. The quantitative estimate of drug-likeness (QED) is 0.241. The Morgan fingerprint density at radius 2 is 1.29 bits per heavy atom. The van der Waals surface area contributed by atoms with Crippen molar-refractivity contribution in [1.82, 2.24) is 0 Å². The third-order valence-corrected chi connectivity index (χ3v) is 9.95. The zero-order valence-corrected chi connectivity index (χ0v) is 25.4. The van der Waals surface area contributed by atoms with E-state index in [0.717, 1.165) is 15.4 Å². The minimum atomic E-state index is -1.22. The Labute approximate surface area is 273 Å². The number of carbonyl (C=O) groups excluding carboxylic acids is 4. The fourth-order valence-electron chi connectivity index (χ4n) is 8.03. The minimum absolute atomic E-state index is 0.0245. The van der Waals surface area contributed by atoms with E-state index in [1.807, 2.05) is 6.08 Å². The van der Waals surface area contributed by atoms with Crippen molar-refractivity contribution < 1.29 is 48.8 Å². The first kappa shape index (κ1) is 31.0. The SMILES string of the molecule is O=C(O)c1cccc(N2C(=O)C3CC=C4C(CC5C(=O)N(c6cccc(C(=O)O)c6)C(=O)C5C4c4ccccc4OCCO)C3C2=O)c1. The van der Waals surface area contributed by atoms with E-state index in [4.69, 9.17) is 4.74 Å². The van der Waals surface area contributed by atoms with Gasteiger partial charge >= 0.3 is 11.9 Å². The molecule has 1 saturated carbocycles. The van der Waals surface area contributed by atoms with E-state index in [1.54, 1.807) is 24.3 Å². The highest BCUT2D eigenvalue weighted by molar-refractivity contribution is 6.24. The summed E-state index contributed by atoms with van der Waals surface area (Å²) >= 11 is 0. The summed E-state index contributed by atoms with van der Waals surface area (Å²) in [5.41, 5.74) is 1.40. The predicted octanol–water partition coefficient (Wildman–Crippen LogP) is 3.50. The number of nitrogens with zero attached hydrogens (tertiary/aromatic N) is 2. The van der Waals surface area contributed by atoms with Gasteiger partial charge in [-0.3, -0.25) is 29.0 Å². The second kappa shape index (κ2) is 11.9. The van der Waals surface area contributed by atoms with Gasteiger partial charge in [0.05, 0.1) is 52.8 Å². The number of hydrogen-bond donors (Lipinski definition) is 3. The van der Waals surface area contributed by atoms with Crippen molar-refractivity contribution in [2.75, 3.05) is 23.0 Å². The van der Waals surface area contributed by atoms with E-state index in [0.29, 0.717) is 11.3 Å². The van der Waals surface area contributed by atoms with Gasteiger partial charge in [-0.2, -0.15) is 0 Å². The Hall–Kier alpha value is -5.62. The summed E-state index contributed by atoms with van der Waals surface area (Å²) < 4.78 is 5.88. The molecule has 0 bridgehead atoms. The van der Waals surface area contributed by atoms with E-state index in [2.05, 4.69) is 0 Å². The molecular formula is C36H30N2O10. The third-order valence-electron chi connectivity index (χ3n) is 9.95. The molecular weight excluding hydrogens is 620 g/mol. The molecule has 2 heterocycles. The maximum absolute atomic E-state index is 14.4. The Kier molecular flexibility index (Phi) is 7.67. The predicted molar refractivity (Wildman–Crippen MR) is 168 cm³/mol. The fraction of sp³-hybridized carbons (Fsp3) is 0.278. The van der Waals surface area contributed by atoms with Crippen LogP contribution in [0.4, 0.5) is 11.4 Å². The number of carboxylic acid groups (broad SMARTS) is 2. The van der Waals surface area contributed by atoms with Crippen LogP contribution in [0.2, 0.25) is 0 Å². The molecule has 7 rings (SSSR count). The summed E-state index contributed by atoms with van der Waals surface area (Å²) in [5.74, 6) is -8.85. The van der Waals surface area contributed by atoms with Crippen molar-refractivity contribution in [3.8, 4) is 5.75 Å². The second-order valence-electron chi connectivity index (χ2n) is 12.4. The number of anilines is 2. The number of aromatic carboxylic acids is 2. The monoisotopic (exact) mass is 650 g/mol. The summed E-state index contributed by atoms with van der Waals surface area (Å²) in [6.07, 6.45) is 2.16. The molecule has 3 N–H and O–H groups in total. The van der Waals surface area contributed by atoms with Gasteiger partial charge in [0.2, 0.25) is 23.6 Å². The summed E-state index contributed by atoms with van der Waals surface area (Å²) in [5, 5.41) is 28.6. The van der Waals surface area contributed by atoms with Crippen LogP contribution in [0.3, 0.4) is 0 Å². The molecule has 0 spiro atoms. The largest absolute Gasteiger partial charge is 0.491 e. The number of ether oxygens (including phenoxy) is 1. The average molecular weight is 651 g/mol. The highest BCUT2D eigenvalue weighted by Gasteiger charge is 2.62. The van der Waals surface area contributed by atoms with Gasteiger partial charge in [0.15, 0.2) is 0 Å². The molecule has 2 aliphatic carbocycles. The van der Waals surface area contributed by atoms with Crippen LogP contribution >= 0.6 is 0 Å². The van der Waals surface area contributed by atoms with Crippen LogP contribution in [0, 0.1) is 29.6 Å². The summed E-state index contributed by atoms with van der Waals surface area (Å²) in [6.45, 7) is -0.288.